The predicted molar refractivity (Wildman–Crippen MR) is 85.9 cm³/mol. The molecule has 4 unspecified atom stereocenters. The van der Waals surface area contributed by atoms with E-state index in [9.17, 15) is 10.2 Å². The van der Waals surface area contributed by atoms with Gasteiger partial charge in [0.25, 0.3) is 0 Å². The van der Waals surface area contributed by atoms with Gasteiger partial charge in [-0.25, -0.2) is 0 Å². The van der Waals surface area contributed by atoms with Crippen molar-refractivity contribution in [2.24, 2.45) is 0 Å². The Morgan fingerprint density at radius 3 is 3.04 bits per heavy atom. The Morgan fingerprint density at radius 1 is 1.42 bits per heavy atom. The molecule has 2 aliphatic carbocycles. The van der Waals surface area contributed by atoms with E-state index in [-0.39, 0.29) is 11.2 Å². The van der Waals surface area contributed by atoms with Crippen LogP contribution in [0.4, 0.5) is 0 Å². The van der Waals surface area contributed by atoms with E-state index >= 15 is 0 Å². The van der Waals surface area contributed by atoms with E-state index < -0.39 is 11.9 Å². The Hall–Kier alpha value is -1.56. The third kappa shape index (κ3) is 1.60. The Kier molecular flexibility index (Phi) is 2.79. The van der Waals surface area contributed by atoms with E-state index in [1.165, 1.54) is 15.8 Å². The number of rotatable bonds is 1. The van der Waals surface area contributed by atoms with Crippen LogP contribution in [0.1, 0.15) is 37.7 Å². The monoisotopic (exact) mass is 329 g/mol. The number of hydrogen-bond acceptors (Lipinski definition) is 4. The first-order valence-electron chi connectivity index (χ1n) is 8.83. The van der Waals surface area contributed by atoms with Gasteiger partial charge < -0.3 is 24.6 Å². The van der Waals surface area contributed by atoms with Crippen LogP contribution in [-0.2, 0) is 10.2 Å². The van der Waals surface area contributed by atoms with Crippen molar-refractivity contribution < 1.29 is 24.6 Å². The van der Waals surface area contributed by atoms with Gasteiger partial charge in [0, 0.05) is 36.1 Å². The molecule has 1 spiro atoms. The summed E-state index contributed by atoms with van der Waals surface area (Å²) in [6.45, 7) is 0.926. The molecule has 1 fully saturated rings. The van der Waals surface area contributed by atoms with Gasteiger partial charge in [-0.1, -0.05) is 11.8 Å². The number of ether oxygens (including phenoxy) is 2. The van der Waals surface area contributed by atoms with Crippen molar-refractivity contribution in [3.8, 4) is 11.5 Å². The topological polar surface area (TPSA) is 66.2 Å². The molecule has 2 N–H and O–H groups in total. The van der Waals surface area contributed by atoms with Crippen molar-refractivity contribution >= 4 is 11.8 Å². The molecule has 24 heavy (non-hydrogen) atoms. The zero-order valence-electron chi connectivity index (χ0n) is 14.1. The van der Waals surface area contributed by atoms with Gasteiger partial charge in [0.2, 0.25) is 5.79 Å². The molecule has 0 amide bonds. The summed E-state index contributed by atoms with van der Waals surface area (Å²) in [6, 6.07) is 1.70. The first-order chi connectivity index (χ1) is 11.5. The molecule has 128 valence electrons. The lowest BCUT2D eigenvalue weighted by molar-refractivity contribution is -0.797. The Labute approximate surface area is 140 Å². The molecule has 5 heteroatoms. The zero-order valence-corrected chi connectivity index (χ0v) is 14.1. The number of methoxy groups -OCH3 is 1. The SMILES string of the molecule is COC12CC3(CCC4=c5c3c(c([O-])cc5=CC[NH+]4C)O1)CCC2O. The third-order valence-corrected chi connectivity index (χ3v) is 6.71. The van der Waals surface area contributed by atoms with Crippen molar-refractivity contribution in [3.05, 3.63) is 22.1 Å². The Morgan fingerprint density at radius 2 is 2.25 bits per heavy atom. The molecular weight excluding hydrogens is 306 g/mol. The van der Waals surface area contributed by atoms with E-state index in [1.807, 2.05) is 0 Å². The lowest BCUT2D eigenvalue weighted by atomic mass is 9.59. The van der Waals surface area contributed by atoms with Crippen LogP contribution in [0.25, 0.3) is 11.8 Å². The second-order valence-electron chi connectivity index (χ2n) is 7.84. The summed E-state index contributed by atoms with van der Waals surface area (Å²) < 4.78 is 11.8. The van der Waals surface area contributed by atoms with E-state index in [0.29, 0.717) is 18.6 Å². The lowest BCUT2D eigenvalue weighted by Gasteiger charge is -2.55. The van der Waals surface area contributed by atoms with Gasteiger partial charge in [0.1, 0.15) is 24.1 Å². The number of hydrogen-bond donors (Lipinski definition) is 2. The van der Waals surface area contributed by atoms with Crippen molar-refractivity contribution in [3.63, 3.8) is 0 Å². The van der Waals surface area contributed by atoms with Gasteiger partial charge >= 0.3 is 0 Å². The molecule has 1 saturated carbocycles. The highest BCUT2D eigenvalue weighted by Crippen LogP contribution is 2.56. The van der Waals surface area contributed by atoms with Gasteiger partial charge in [-0.3, -0.25) is 0 Å². The average Bonchev–Trinajstić information content (AvgIpc) is 2.59. The molecule has 2 aliphatic heterocycles. The number of aliphatic hydroxyl groups excluding tert-OH is 1. The van der Waals surface area contributed by atoms with E-state index in [2.05, 4.69) is 13.1 Å². The van der Waals surface area contributed by atoms with Crippen molar-refractivity contribution in [2.45, 2.75) is 49.4 Å². The number of benzene rings is 1. The van der Waals surface area contributed by atoms with E-state index in [1.54, 1.807) is 13.2 Å². The highest BCUT2D eigenvalue weighted by Gasteiger charge is 2.58. The molecule has 2 bridgehead atoms. The molecule has 2 heterocycles. The highest BCUT2D eigenvalue weighted by atomic mass is 16.7. The number of quaternary nitrogens is 1. The van der Waals surface area contributed by atoms with Crippen LogP contribution >= 0.6 is 0 Å². The minimum atomic E-state index is -1.08. The van der Waals surface area contributed by atoms with Crippen LogP contribution in [0.15, 0.2) is 6.07 Å². The predicted octanol–water partition coefficient (Wildman–Crippen LogP) is -1.51. The summed E-state index contributed by atoms with van der Waals surface area (Å²) >= 11 is 0. The molecular formula is C19H23NO4. The fourth-order valence-electron chi connectivity index (χ4n) is 5.45. The zero-order chi connectivity index (χ0) is 16.7. The van der Waals surface area contributed by atoms with Crippen molar-refractivity contribution in [1.29, 1.82) is 0 Å². The first kappa shape index (κ1) is 14.8. The minimum absolute atomic E-state index is 0.0830. The first-order valence-corrected chi connectivity index (χ1v) is 8.83. The van der Waals surface area contributed by atoms with E-state index in [4.69, 9.17) is 9.47 Å². The smallest absolute Gasteiger partial charge is 0.237 e. The normalized spacial score (nSPS) is 38.9. The lowest BCUT2D eigenvalue weighted by Crippen LogP contribution is -3.08. The van der Waals surface area contributed by atoms with E-state index in [0.717, 1.165) is 36.6 Å². The molecule has 4 aliphatic rings. The number of aliphatic hydroxyl groups is 1. The average molecular weight is 329 g/mol. The largest absolute Gasteiger partial charge is 0.870 e. The van der Waals surface area contributed by atoms with Gasteiger partial charge in [0.15, 0.2) is 0 Å². The summed E-state index contributed by atoms with van der Waals surface area (Å²) in [4.78, 5) is 1.40. The van der Waals surface area contributed by atoms with Crippen LogP contribution in [0, 0.1) is 0 Å². The van der Waals surface area contributed by atoms with Crippen LogP contribution in [-0.4, -0.2) is 37.7 Å². The third-order valence-electron chi connectivity index (χ3n) is 6.71. The van der Waals surface area contributed by atoms with Gasteiger partial charge in [-0.15, -0.1) is 0 Å². The fourth-order valence-corrected chi connectivity index (χ4v) is 5.45. The maximum atomic E-state index is 12.8. The molecule has 0 saturated heterocycles. The summed E-state index contributed by atoms with van der Waals surface area (Å²) in [5.74, 6) is -0.742. The molecule has 4 atom stereocenters. The van der Waals surface area contributed by atoms with Crippen LogP contribution < -0.4 is 25.2 Å². The van der Waals surface area contributed by atoms with Crippen LogP contribution in [0.5, 0.6) is 11.5 Å². The standard InChI is InChI=1S/C19H23NO4/c1-20-8-5-11-9-13(21)17-16-15(11)12(20)3-6-18(16)7-4-14(22)19(10-18,23-2)24-17/h5,9,14,21-22H,3-4,6-8,10H2,1-2H3. The van der Waals surface area contributed by atoms with Gasteiger partial charge in [0.05, 0.1) is 7.05 Å². The summed E-state index contributed by atoms with van der Waals surface area (Å²) in [7, 11) is 3.76. The summed E-state index contributed by atoms with van der Waals surface area (Å²) in [6.07, 6.45) is 5.68. The van der Waals surface area contributed by atoms with Crippen molar-refractivity contribution in [2.75, 3.05) is 20.7 Å². The Bertz CT molecular complexity index is 863. The molecule has 5 nitrogen and oxygen atoms in total. The molecule has 5 rings (SSSR count). The summed E-state index contributed by atoms with van der Waals surface area (Å²) in [5.41, 5.74) is 2.39. The van der Waals surface area contributed by atoms with Crippen LogP contribution in [0.2, 0.25) is 0 Å². The molecule has 0 radical (unpaired) electrons. The maximum absolute atomic E-state index is 12.8. The highest BCUT2D eigenvalue weighted by molar-refractivity contribution is 5.60. The fraction of sp³-hybridized carbons (Fsp3) is 0.579. The number of nitrogens with one attached hydrogen (secondary N) is 1. The molecule has 1 aromatic rings. The van der Waals surface area contributed by atoms with Crippen molar-refractivity contribution in [1.82, 2.24) is 0 Å². The number of fused-ring (bicyclic) bond motifs is 1. The second-order valence-corrected chi connectivity index (χ2v) is 7.84. The molecule has 1 aromatic carbocycles. The van der Waals surface area contributed by atoms with Gasteiger partial charge in [-0.2, -0.15) is 0 Å². The summed E-state index contributed by atoms with van der Waals surface area (Å²) in [5, 5.41) is 25.6. The molecule has 0 aromatic heterocycles. The quantitative estimate of drug-likeness (QED) is 0.657. The van der Waals surface area contributed by atoms with Crippen LogP contribution in [0.3, 0.4) is 0 Å². The Balaban J connectivity index is 1.90. The second kappa shape index (κ2) is 4.54. The van der Waals surface area contributed by atoms with Gasteiger partial charge in [-0.05, 0) is 30.6 Å². The minimum Gasteiger partial charge on any atom is -0.870 e. The maximum Gasteiger partial charge on any atom is 0.237 e.